The van der Waals surface area contributed by atoms with E-state index in [1.807, 2.05) is 24.3 Å². The minimum absolute atomic E-state index is 0.00960. The van der Waals surface area contributed by atoms with Gasteiger partial charge < -0.3 is 19.8 Å². The molecule has 9 heteroatoms. The number of hydrogen-bond donors (Lipinski definition) is 2. The third-order valence-corrected chi connectivity index (χ3v) is 8.01. The Balaban J connectivity index is 1.35. The lowest BCUT2D eigenvalue weighted by atomic mass is 9.81. The fourth-order valence-electron chi connectivity index (χ4n) is 5.49. The van der Waals surface area contributed by atoms with Crippen LogP contribution in [0.4, 0.5) is 5.69 Å². The van der Waals surface area contributed by atoms with Gasteiger partial charge in [0.25, 0.3) is 0 Å². The van der Waals surface area contributed by atoms with Gasteiger partial charge >= 0.3 is 5.97 Å². The second kappa shape index (κ2) is 14.0. The van der Waals surface area contributed by atoms with Gasteiger partial charge in [0.1, 0.15) is 11.5 Å². The Morgan fingerprint density at radius 1 is 0.795 bits per heavy atom. The normalized spacial score (nSPS) is 12.8. The summed E-state index contributed by atoms with van der Waals surface area (Å²) in [7, 11) is 0. The number of benzene rings is 4. The predicted octanol–water partition coefficient (Wildman–Crippen LogP) is 6.81. The molecule has 226 valence electrons. The van der Waals surface area contributed by atoms with Crippen molar-refractivity contribution in [2.24, 2.45) is 0 Å². The number of phenolic OH excluding ortho intramolecular Hbond substituents is 2. The van der Waals surface area contributed by atoms with Crippen molar-refractivity contribution in [1.29, 1.82) is 0 Å². The van der Waals surface area contributed by atoms with E-state index in [-0.39, 0.29) is 34.2 Å². The van der Waals surface area contributed by atoms with Crippen LogP contribution in [0.25, 0.3) is 0 Å². The molecular weight excluding hydrogens is 601 g/mol. The molecule has 0 bridgehead atoms. The molecule has 7 nitrogen and oxygen atoms in total. The van der Waals surface area contributed by atoms with Crippen LogP contribution >= 0.6 is 23.2 Å². The van der Waals surface area contributed by atoms with E-state index in [1.165, 1.54) is 18.2 Å². The number of carbonyl (C=O) groups is 3. The first kappa shape index (κ1) is 31.1. The Kier molecular flexibility index (Phi) is 9.88. The Labute approximate surface area is 265 Å². The highest BCUT2D eigenvalue weighted by Crippen LogP contribution is 2.44. The molecule has 1 unspecified atom stereocenters. The van der Waals surface area contributed by atoms with Crippen LogP contribution in [0.15, 0.2) is 84.9 Å². The second-order valence-electron chi connectivity index (χ2n) is 10.5. The van der Waals surface area contributed by atoms with E-state index in [1.54, 1.807) is 42.5 Å². The number of phenols is 2. The van der Waals surface area contributed by atoms with Crippen molar-refractivity contribution in [3.63, 3.8) is 0 Å². The lowest BCUT2D eigenvalue weighted by molar-refractivity contribution is -0.147. The van der Waals surface area contributed by atoms with Crippen molar-refractivity contribution >= 4 is 46.4 Å². The molecule has 4 aromatic rings. The Morgan fingerprint density at radius 3 is 2.00 bits per heavy atom. The number of esters is 1. The molecule has 0 aromatic heterocycles. The molecular formula is C35H31Cl2NO6. The minimum atomic E-state index is -1.13. The standard InChI is InChI=1S/C35H31Cl2NO6/c36-17-19-38(20-18-37)24-15-13-22(14-16-24)7-6-12-29(40)44-35(23-8-2-1-3-9-23)27-21-28(39)30-31(34(27)43)33(42)26-11-5-4-10-25(26)32(30)41/h1-5,8-11,13-16,21,35,39,43H,6-7,12,17-20H2. The third kappa shape index (κ3) is 6.44. The van der Waals surface area contributed by atoms with Crippen LogP contribution in [-0.2, 0) is 16.0 Å². The predicted molar refractivity (Wildman–Crippen MR) is 170 cm³/mol. The molecule has 1 aliphatic rings. The summed E-state index contributed by atoms with van der Waals surface area (Å²) in [6.45, 7) is 1.38. The molecule has 0 amide bonds. The van der Waals surface area contributed by atoms with Gasteiger partial charge in [0.15, 0.2) is 17.7 Å². The topological polar surface area (TPSA) is 104 Å². The fourth-order valence-corrected chi connectivity index (χ4v) is 5.90. The number of rotatable bonds is 12. The average Bonchev–Trinajstić information content (AvgIpc) is 3.04. The first-order valence-electron chi connectivity index (χ1n) is 14.3. The molecule has 1 atom stereocenters. The lowest BCUT2D eigenvalue weighted by Gasteiger charge is -2.25. The molecule has 0 saturated heterocycles. The first-order chi connectivity index (χ1) is 21.3. The second-order valence-corrected chi connectivity index (χ2v) is 11.2. The van der Waals surface area contributed by atoms with Gasteiger partial charge in [-0.15, -0.1) is 23.2 Å². The first-order valence-corrected chi connectivity index (χ1v) is 15.4. The van der Waals surface area contributed by atoms with Crippen LogP contribution in [0.5, 0.6) is 11.5 Å². The number of ketones is 2. The molecule has 44 heavy (non-hydrogen) atoms. The number of aromatic hydroxyl groups is 2. The van der Waals surface area contributed by atoms with Crippen LogP contribution < -0.4 is 4.90 Å². The zero-order chi connectivity index (χ0) is 31.2. The molecule has 0 fully saturated rings. The Morgan fingerprint density at radius 2 is 1.39 bits per heavy atom. The Hall–Kier alpha value is -4.33. The van der Waals surface area contributed by atoms with Gasteiger partial charge in [-0.1, -0.05) is 66.7 Å². The van der Waals surface area contributed by atoms with E-state index >= 15 is 0 Å². The lowest BCUT2D eigenvalue weighted by Crippen LogP contribution is -2.27. The highest BCUT2D eigenvalue weighted by molar-refractivity contribution is 6.30. The van der Waals surface area contributed by atoms with E-state index in [0.717, 1.165) is 11.3 Å². The summed E-state index contributed by atoms with van der Waals surface area (Å²) >= 11 is 11.8. The molecule has 0 spiro atoms. The van der Waals surface area contributed by atoms with Crippen LogP contribution in [0.3, 0.4) is 0 Å². The molecule has 0 radical (unpaired) electrons. The smallest absolute Gasteiger partial charge is 0.306 e. The van der Waals surface area contributed by atoms with E-state index in [4.69, 9.17) is 27.9 Å². The summed E-state index contributed by atoms with van der Waals surface area (Å²) in [4.78, 5) is 41.8. The number of halogens is 2. The fraction of sp³-hybridized carbons (Fsp3) is 0.229. The van der Waals surface area contributed by atoms with Gasteiger partial charge in [-0.05, 0) is 42.2 Å². The molecule has 1 aliphatic carbocycles. The van der Waals surface area contributed by atoms with Crippen molar-refractivity contribution in [3.8, 4) is 11.5 Å². The maximum absolute atomic E-state index is 13.4. The maximum Gasteiger partial charge on any atom is 0.306 e. The van der Waals surface area contributed by atoms with E-state index < -0.39 is 35.1 Å². The zero-order valence-electron chi connectivity index (χ0n) is 23.8. The van der Waals surface area contributed by atoms with Crippen LogP contribution in [0.1, 0.15) is 67.5 Å². The molecule has 0 heterocycles. The van der Waals surface area contributed by atoms with Gasteiger partial charge in [-0.3, -0.25) is 14.4 Å². The number of carbonyl (C=O) groups excluding carboxylic acids is 3. The van der Waals surface area contributed by atoms with Gasteiger partial charge in [0, 0.05) is 53.6 Å². The number of hydrogen-bond acceptors (Lipinski definition) is 7. The number of fused-ring (bicyclic) bond motifs is 2. The number of nitrogens with zero attached hydrogens (tertiary/aromatic N) is 1. The molecule has 0 aliphatic heterocycles. The summed E-state index contributed by atoms with van der Waals surface area (Å²) in [5.74, 6) is -1.67. The average molecular weight is 633 g/mol. The number of anilines is 1. The summed E-state index contributed by atoms with van der Waals surface area (Å²) in [6.07, 6.45) is 0.113. The number of alkyl halides is 2. The number of ether oxygens (including phenoxy) is 1. The highest BCUT2D eigenvalue weighted by Gasteiger charge is 2.37. The van der Waals surface area contributed by atoms with Crippen molar-refractivity contribution in [1.82, 2.24) is 0 Å². The van der Waals surface area contributed by atoms with Gasteiger partial charge in [-0.2, -0.15) is 0 Å². The largest absolute Gasteiger partial charge is 0.507 e. The summed E-state index contributed by atoms with van der Waals surface area (Å²) in [5.41, 5.74) is 2.32. The maximum atomic E-state index is 13.4. The SMILES string of the molecule is O=C(CCCc1ccc(N(CCCl)CCCl)cc1)OC(c1ccccc1)c1cc(O)c2c(c1O)C(=O)c1ccccc1C2=O. The third-order valence-electron chi connectivity index (χ3n) is 7.67. The van der Waals surface area contributed by atoms with Crippen molar-refractivity contribution in [2.75, 3.05) is 29.7 Å². The van der Waals surface area contributed by atoms with Crippen molar-refractivity contribution < 1.29 is 29.3 Å². The number of aryl methyl sites for hydroxylation is 1. The highest BCUT2D eigenvalue weighted by atomic mass is 35.5. The zero-order valence-corrected chi connectivity index (χ0v) is 25.4. The van der Waals surface area contributed by atoms with E-state index in [2.05, 4.69) is 4.90 Å². The summed E-state index contributed by atoms with van der Waals surface area (Å²) < 4.78 is 5.89. The summed E-state index contributed by atoms with van der Waals surface area (Å²) in [6, 6.07) is 24.2. The van der Waals surface area contributed by atoms with Crippen LogP contribution in [0, 0.1) is 0 Å². The van der Waals surface area contributed by atoms with Crippen molar-refractivity contribution in [3.05, 3.63) is 124 Å². The van der Waals surface area contributed by atoms with Gasteiger partial charge in [-0.25, -0.2) is 0 Å². The summed E-state index contributed by atoms with van der Waals surface area (Å²) in [5, 5.41) is 22.3. The quantitative estimate of drug-likeness (QED) is 0.0885. The van der Waals surface area contributed by atoms with Crippen molar-refractivity contribution in [2.45, 2.75) is 25.4 Å². The van der Waals surface area contributed by atoms with E-state index in [0.29, 0.717) is 43.3 Å². The van der Waals surface area contributed by atoms with Crippen LogP contribution in [0.2, 0.25) is 0 Å². The molecule has 2 N–H and O–H groups in total. The minimum Gasteiger partial charge on any atom is -0.507 e. The monoisotopic (exact) mass is 631 g/mol. The molecule has 4 aromatic carbocycles. The van der Waals surface area contributed by atoms with Gasteiger partial charge in [0.05, 0.1) is 11.1 Å². The Bertz CT molecular complexity index is 1670. The molecule has 0 saturated carbocycles. The van der Waals surface area contributed by atoms with Crippen LogP contribution in [-0.4, -0.2) is 52.6 Å². The molecule has 5 rings (SSSR count). The van der Waals surface area contributed by atoms with Gasteiger partial charge in [0.2, 0.25) is 0 Å². The van der Waals surface area contributed by atoms with E-state index in [9.17, 15) is 24.6 Å².